The van der Waals surface area contributed by atoms with Crippen LogP contribution in [-0.2, 0) is 6.42 Å². The Balaban J connectivity index is 1.17. The number of anilines is 2. The van der Waals surface area contributed by atoms with E-state index in [1.165, 1.54) is 49.5 Å². The van der Waals surface area contributed by atoms with Crippen molar-refractivity contribution < 1.29 is 0 Å². The van der Waals surface area contributed by atoms with E-state index in [2.05, 4.69) is 50.0 Å². The second kappa shape index (κ2) is 7.94. The van der Waals surface area contributed by atoms with Gasteiger partial charge in [-0.15, -0.1) is 0 Å². The van der Waals surface area contributed by atoms with Gasteiger partial charge in [-0.3, -0.25) is 0 Å². The van der Waals surface area contributed by atoms with E-state index in [1.54, 1.807) is 6.33 Å². The van der Waals surface area contributed by atoms with E-state index in [1.807, 2.05) is 12.1 Å². The van der Waals surface area contributed by atoms with Crippen molar-refractivity contribution in [3.8, 4) is 0 Å². The Morgan fingerprint density at radius 3 is 2.87 bits per heavy atom. The molecular formula is C24H28N6. The number of aromatic nitrogens is 4. The molecule has 0 radical (unpaired) electrons. The Bertz CT molecular complexity index is 1180. The summed E-state index contributed by atoms with van der Waals surface area (Å²) in [7, 11) is 0. The quantitative estimate of drug-likeness (QED) is 0.449. The zero-order valence-corrected chi connectivity index (χ0v) is 17.2. The van der Waals surface area contributed by atoms with E-state index in [-0.39, 0.29) is 0 Å². The summed E-state index contributed by atoms with van der Waals surface area (Å²) in [6.07, 6.45) is 12.2. The molecule has 1 fully saturated rings. The highest BCUT2D eigenvalue weighted by Crippen LogP contribution is 2.39. The summed E-state index contributed by atoms with van der Waals surface area (Å²) in [5.74, 6) is 1.95. The first kappa shape index (κ1) is 18.9. The van der Waals surface area contributed by atoms with Crippen LogP contribution in [0.2, 0.25) is 0 Å². The summed E-state index contributed by atoms with van der Waals surface area (Å²) in [6, 6.07) is 12.9. The molecule has 3 heterocycles. The molecule has 0 spiro atoms. The number of aryl methyl sites for hydroxylation is 1. The Morgan fingerprint density at radius 1 is 1.00 bits per heavy atom. The molecule has 1 aliphatic rings. The highest BCUT2D eigenvalue weighted by molar-refractivity contribution is 5.86. The normalized spacial score (nSPS) is 19.1. The third-order valence-electron chi connectivity index (χ3n) is 6.58. The fourth-order valence-corrected chi connectivity index (χ4v) is 5.02. The molecule has 0 saturated heterocycles. The number of para-hydroxylation sites is 1. The van der Waals surface area contributed by atoms with Crippen LogP contribution in [0.25, 0.3) is 21.9 Å². The van der Waals surface area contributed by atoms with E-state index in [0.717, 1.165) is 28.9 Å². The lowest BCUT2D eigenvalue weighted by Crippen LogP contribution is -2.06. The maximum Gasteiger partial charge on any atom is 0.145 e. The number of nitrogens with two attached hydrogens (primary N) is 2. The Morgan fingerprint density at radius 2 is 1.93 bits per heavy atom. The zero-order chi connectivity index (χ0) is 20.5. The monoisotopic (exact) mass is 400 g/mol. The van der Waals surface area contributed by atoms with Crippen LogP contribution in [0.4, 0.5) is 11.6 Å². The maximum atomic E-state index is 5.99. The van der Waals surface area contributed by atoms with Gasteiger partial charge in [-0.25, -0.2) is 15.0 Å². The molecule has 5 rings (SSSR count). The molecule has 3 aromatic heterocycles. The van der Waals surface area contributed by atoms with Crippen LogP contribution in [0.5, 0.6) is 0 Å². The number of rotatable bonds is 6. The average molecular weight is 401 g/mol. The third-order valence-corrected chi connectivity index (χ3v) is 6.58. The summed E-state index contributed by atoms with van der Waals surface area (Å²) in [4.78, 5) is 13.1. The minimum Gasteiger partial charge on any atom is -0.384 e. The van der Waals surface area contributed by atoms with E-state index < -0.39 is 0 Å². The lowest BCUT2D eigenvalue weighted by molar-refractivity contribution is 0.443. The smallest absolute Gasteiger partial charge is 0.145 e. The van der Waals surface area contributed by atoms with Crippen LogP contribution < -0.4 is 11.5 Å². The number of pyridine rings is 1. The van der Waals surface area contributed by atoms with Crippen molar-refractivity contribution in [2.45, 2.75) is 51.0 Å². The molecule has 154 valence electrons. The van der Waals surface area contributed by atoms with Crippen LogP contribution in [0.15, 0.2) is 48.9 Å². The first-order valence-corrected chi connectivity index (χ1v) is 10.9. The lowest BCUT2D eigenvalue weighted by atomic mass is 9.97. The van der Waals surface area contributed by atoms with Crippen molar-refractivity contribution in [3.63, 3.8) is 0 Å². The predicted molar refractivity (Wildman–Crippen MR) is 122 cm³/mol. The van der Waals surface area contributed by atoms with Gasteiger partial charge in [0.15, 0.2) is 0 Å². The van der Waals surface area contributed by atoms with Crippen molar-refractivity contribution in [1.29, 1.82) is 0 Å². The van der Waals surface area contributed by atoms with Gasteiger partial charge in [0, 0.05) is 17.6 Å². The van der Waals surface area contributed by atoms with Crippen LogP contribution in [0, 0.1) is 5.92 Å². The molecule has 2 unspecified atom stereocenters. The number of nitrogens with zero attached hydrogens (tertiary/aromatic N) is 4. The summed E-state index contributed by atoms with van der Waals surface area (Å²) in [5.41, 5.74) is 15.2. The molecule has 1 aromatic carbocycles. The van der Waals surface area contributed by atoms with E-state index in [9.17, 15) is 0 Å². The molecule has 6 heteroatoms. The van der Waals surface area contributed by atoms with Gasteiger partial charge < -0.3 is 16.0 Å². The lowest BCUT2D eigenvalue weighted by Gasteiger charge is -2.14. The number of hydrogen-bond acceptors (Lipinski definition) is 5. The maximum absolute atomic E-state index is 5.99. The Labute approximate surface area is 176 Å². The minimum atomic E-state index is 0.520. The van der Waals surface area contributed by atoms with Crippen LogP contribution in [0.1, 0.15) is 50.1 Å². The van der Waals surface area contributed by atoms with Gasteiger partial charge in [-0.2, -0.15) is 0 Å². The van der Waals surface area contributed by atoms with E-state index in [0.29, 0.717) is 17.7 Å². The highest BCUT2D eigenvalue weighted by Gasteiger charge is 2.26. The first-order chi connectivity index (χ1) is 14.7. The second-order valence-electron chi connectivity index (χ2n) is 8.52. The average Bonchev–Trinajstić information content (AvgIpc) is 3.39. The highest BCUT2D eigenvalue weighted by atomic mass is 15.1. The molecule has 1 saturated carbocycles. The largest absolute Gasteiger partial charge is 0.384 e. The molecule has 1 aliphatic carbocycles. The van der Waals surface area contributed by atoms with Gasteiger partial charge in [0.25, 0.3) is 0 Å². The van der Waals surface area contributed by atoms with E-state index >= 15 is 0 Å². The van der Waals surface area contributed by atoms with Gasteiger partial charge in [-0.05, 0) is 61.8 Å². The summed E-state index contributed by atoms with van der Waals surface area (Å²) in [6.45, 7) is 0. The minimum absolute atomic E-state index is 0.520. The molecule has 0 amide bonds. The Hall–Kier alpha value is -3.15. The number of unbranched alkanes of at least 4 members (excludes halogenated alkanes) is 1. The summed E-state index contributed by atoms with van der Waals surface area (Å²) < 4.78 is 2.31. The van der Waals surface area contributed by atoms with Crippen LogP contribution >= 0.6 is 0 Å². The Kier molecular flexibility index (Phi) is 4.99. The van der Waals surface area contributed by atoms with Crippen molar-refractivity contribution in [1.82, 2.24) is 19.5 Å². The molecule has 0 bridgehead atoms. The first-order valence-electron chi connectivity index (χ1n) is 10.9. The van der Waals surface area contributed by atoms with Crippen LogP contribution in [-0.4, -0.2) is 19.5 Å². The van der Waals surface area contributed by atoms with E-state index in [4.69, 9.17) is 11.5 Å². The fourth-order valence-electron chi connectivity index (χ4n) is 5.02. The molecule has 0 aliphatic heterocycles. The van der Waals surface area contributed by atoms with Crippen molar-refractivity contribution in [2.75, 3.05) is 11.5 Å². The third kappa shape index (κ3) is 3.58. The molecule has 6 nitrogen and oxygen atoms in total. The summed E-state index contributed by atoms with van der Waals surface area (Å²) in [5, 5.41) is 2.13. The van der Waals surface area contributed by atoms with Gasteiger partial charge >= 0.3 is 0 Å². The second-order valence-corrected chi connectivity index (χ2v) is 8.52. The predicted octanol–water partition coefficient (Wildman–Crippen LogP) is 4.90. The van der Waals surface area contributed by atoms with Gasteiger partial charge in [0.1, 0.15) is 23.6 Å². The number of benzene rings is 1. The number of hydrogen-bond donors (Lipinski definition) is 2. The molecule has 4 aromatic rings. The van der Waals surface area contributed by atoms with Crippen molar-refractivity contribution in [2.24, 2.45) is 5.92 Å². The molecule has 2 atom stereocenters. The zero-order valence-electron chi connectivity index (χ0n) is 17.2. The topological polar surface area (TPSA) is 95.6 Å². The van der Waals surface area contributed by atoms with Gasteiger partial charge in [0.05, 0.1) is 10.9 Å². The number of nitrogen functional groups attached to an aromatic ring is 2. The van der Waals surface area contributed by atoms with Crippen molar-refractivity contribution in [3.05, 3.63) is 54.5 Å². The fraction of sp³-hybridized carbons (Fsp3) is 0.375. The molecule has 30 heavy (non-hydrogen) atoms. The standard InChI is InChI=1S/C24H28N6/c25-21-11-9-18-7-3-6-17(22(18)29-21)5-2-1-4-16-8-10-19(14-16)30-13-12-20-23(26)27-15-28-24(20)30/h3,6-7,9,11-13,15-16,19H,1-2,4-5,8,10,14H2,(H2,25,29)(H2,26,27,28). The number of fused-ring (bicyclic) bond motifs is 2. The van der Waals surface area contributed by atoms with Crippen molar-refractivity contribution >= 4 is 33.6 Å². The molecular weight excluding hydrogens is 372 g/mol. The summed E-state index contributed by atoms with van der Waals surface area (Å²) >= 11 is 0. The molecule has 4 N–H and O–H groups in total. The van der Waals surface area contributed by atoms with Gasteiger partial charge in [0.2, 0.25) is 0 Å². The SMILES string of the molecule is Nc1ccc2cccc(CCCCC3CCC(n4ccc5c(N)ncnc54)C3)c2n1. The van der Waals surface area contributed by atoms with Gasteiger partial charge in [-0.1, -0.05) is 31.0 Å². The van der Waals surface area contributed by atoms with Crippen LogP contribution in [0.3, 0.4) is 0 Å².